The molecule has 3 nitrogen and oxygen atoms in total. The molecule has 0 heterocycles. The number of nitrogens with zero attached hydrogens (tertiary/aromatic N) is 1. The number of hydrogen-bond acceptors (Lipinski definition) is 2. The zero-order valence-electron chi connectivity index (χ0n) is 12.7. The monoisotopic (exact) mass is 262 g/mol. The van der Waals surface area contributed by atoms with E-state index in [1.165, 1.54) is 5.56 Å². The van der Waals surface area contributed by atoms with E-state index in [2.05, 4.69) is 38.2 Å². The van der Waals surface area contributed by atoms with Gasteiger partial charge < -0.3 is 10.2 Å². The Morgan fingerprint density at radius 3 is 2.26 bits per heavy atom. The Bertz CT molecular complexity index is 393. The van der Waals surface area contributed by atoms with E-state index in [4.69, 9.17) is 0 Å². The van der Waals surface area contributed by atoms with Gasteiger partial charge >= 0.3 is 0 Å². The average molecular weight is 262 g/mol. The fourth-order valence-corrected chi connectivity index (χ4v) is 1.97. The first-order chi connectivity index (χ1) is 8.79. The largest absolute Gasteiger partial charge is 0.348 e. The standard InChI is InChI=1S/C16H26N2O/c1-16(2,3)11-14(13-9-7-6-8-10-13)17-12-15(19)18(4)5/h6-10,14,17H,11-12H2,1-5H3. The maximum absolute atomic E-state index is 11.7. The molecule has 0 aliphatic carbocycles. The first-order valence-corrected chi connectivity index (χ1v) is 6.78. The molecule has 0 fully saturated rings. The van der Waals surface area contributed by atoms with Crippen molar-refractivity contribution in [2.24, 2.45) is 5.41 Å². The van der Waals surface area contributed by atoms with Crippen molar-refractivity contribution in [2.75, 3.05) is 20.6 Å². The van der Waals surface area contributed by atoms with E-state index >= 15 is 0 Å². The third-order valence-electron chi connectivity index (χ3n) is 3.02. The highest BCUT2D eigenvalue weighted by Crippen LogP contribution is 2.29. The van der Waals surface area contributed by atoms with Crippen LogP contribution in [0.1, 0.15) is 38.8 Å². The molecule has 0 bridgehead atoms. The number of nitrogens with one attached hydrogen (secondary N) is 1. The van der Waals surface area contributed by atoms with Crippen LogP contribution in [0.15, 0.2) is 30.3 Å². The lowest BCUT2D eigenvalue weighted by Crippen LogP contribution is -2.36. The molecular formula is C16H26N2O. The summed E-state index contributed by atoms with van der Waals surface area (Å²) in [6, 6.07) is 10.5. The average Bonchev–Trinajstić information content (AvgIpc) is 2.33. The second-order valence-corrected chi connectivity index (χ2v) is 6.40. The number of benzene rings is 1. The minimum Gasteiger partial charge on any atom is -0.348 e. The summed E-state index contributed by atoms with van der Waals surface area (Å²) in [5, 5.41) is 3.38. The summed E-state index contributed by atoms with van der Waals surface area (Å²) < 4.78 is 0. The van der Waals surface area contributed by atoms with E-state index in [0.29, 0.717) is 6.54 Å². The molecule has 1 atom stereocenters. The fourth-order valence-electron chi connectivity index (χ4n) is 1.97. The first-order valence-electron chi connectivity index (χ1n) is 6.78. The molecule has 3 heteroatoms. The quantitative estimate of drug-likeness (QED) is 0.885. The molecule has 1 aromatic rings. The summed E-state index contributed by atoms with van der Waals surface area (Å²) in [6.07, 6.45) is 0.998. The van der Waals surface area contributed by atoms with Gasteiger partial charge in [-0.05, 0) is 17.4 Å². The Morgan fingerprint density at radius 1 is 1.21 bits per heavy atom. The van der Waals surface area contributed by atoms with E-state index in [-0.39, 0.29) is 17.4 Å². The van der Waals surface area contributed by atoms with Crippen molar-refractivity contribution >= 4 is 5.91 Å². The van der Waals surface area contributed by atoms with Gasteiger partial charge in [0.25, 0.3) is 0 Å². The van der Waals surface area contributed by atoms with Crippen LogP contribution in [0.25, 0.3) is 0 Å². The van der Waals surface area contributed by atoms with Crippen molar-refractivity contribution in [1.82, 2.24) is 10.2 Å². The molecule has 19 heavy (non-hydrogen) atoms. The normalized spacial score (nSPS) is 13.1. The van der Waals surface area contributed by atoms with Gasteiger partial charge in [-0.2, -0.15) is 0 Å². The summed E-state index contributed by atoms with van der Waals surface area (Å²) >= 11 is 0. The van der Waals surface area contributed by atoms with Gasteiger partial charge in [-0.3, -0.25) is 4.79 Å². The first kappa shape index (κ1) is 15.7. The Labute approximate surface area is 117 Å². The van der Waals surface area contributed by atoms with Gasteiger partial charge in [-0.1, -0.05) is 51.1 Å². The minimum absolute atomic E-state index is 0.106. The maximum atomic E-state index is 11.7. The van der Waals surface area contributed by atoms with Crippen LogP contribution in [0.2, 0.25) is 0 Å². The highest BCUT2D eigenvalue weighted by Gasteiger charge is 2.20. The van der Waals surface area contributed by atoms with Crippen molar-refractivity contribution < 1.29 is 4.79 Å². The molecule has 0 saturated carbocycles. The second kappa shape index (κ2) is 6.71. The molecule has 0 spiro atoms. The SMILES string of the molecule is CN(C)C(=O)CNC(CC(C)(C)C)c1ccccc1. The Morgan fingerprint density at radius 2 is 1.79 bits per heavy atom. The van der Waals surface area contributed by atoms with Gasteiger partial charge in [-0.25, -0.2) is 0 Å². The summed E-state index contributed by atoms with van der Waals surface area (Å²) in [6.45, 7) is 7.04. The van der Waals surface area contributed by atoms with Crippen molar-refractivity contribution in [3.63, 3.8) is 0 Å². The lowest BCUT2D eigenvalue weighted by Gasteiger charge is -2.27. The van der Waals surface area contributed by atoms with Crippen molar-refractivity contribution in [2.45, 2.75) is 33.2 Å². The van der Waals surface area contributed by atoms with E-state index in [1.54, 1.807) is 19.0 Å². The lowest BCUT2D eigenvalue weighted by molar-refractivity contribution is -0.127. The van der Waals surface area contributed by atoms with Crippen LogP contribution in [0, 0.1) is 5.41 Å². The van der Waals surface area contributed by atoms with Crippen LogP contribution in [0.5, 0.6) is 0 Å². The molecule has 1 rings (SSSR count). The zero-order valence-corrected chi connectivity index (χ0v) is 12.7. The molecule has 0 radical (unpaired) electrons. The predicted octanol–water partition coefficient (Wildman–Crippen LogP) is 2.84. The molecule has 0 saturated heterocycles. The van der Waals surface area contributed by atoms with E-state index in [0.717, 1.165) is 6.42 Å². The van der Waals surface area contributed by atoms with Crippen LogP contribution < -0.4 is 5.32 Å². The lowest BCUT2D eigenvalue weighted by atomic mass is 9.85. The Balaban J connectivity index is 2.74. The molecule has 106 valence electrons. The van der Waals surface area contributed by atoms with Gasteiger partial charge in [0.2, 0.25) is 5.91 Å². The predicted molar refractivity (Wildman–Crippen MR) is 80.0 cm³/mol. The minimum atomic E-state index is 0.106. The van der Waals surface area contributed by atoms with E-state index in [9.17, 15) is 4.79 Å². The van der Waals surface area contributed by atoms with Crippen molar-refractivity contribution in [3.8, 4) is 0 Å². The molecule has 0 aliphatic heterocycles. The zero-order chi connectivity index (χ0) is 14.5. The summed E-state index contributed by atoms with van der Waals surface area (Å²) in [5.41, 5.74) is 1.46. The van der Waals surface area contributed by atoms with E-state index in [1.807, 2.05) is 18.2 Å². The number of amides is 1. The smallest absolute Gasteiger partial charge is 0.236 e. The number of carbonyl (C=O) groups excluding carboxylic acids is 1. The van der Waals surface area contributed by atoms with Gasteiger partial charge in [0, 0.05) is 20.1 Å². The molecule has 1 N–H and O–H groups in total. The number of carbonyl (C=O) groups is 1. The van der Waals surface area contributed by atoms with Crippen LogP contribution in [0.3, 0.4) is 0 Å². The van der Waals surface area contributed by atoms with Gasteiger partial charge in [0.15, 0.2) is 0 Å². The van der Waals surface area contributed by atoms with Crippen LogP contribution >= 0.6 is 0 Å². The second-order valence-electron chi connectivity index (χ2n) is 6.40. The van der Waals surface area contributed by atoms with Crippen molar-refractivity contribution in [1.29, 1.82) is 0 Å². The number of likely N-dealkylation sites (N-methyl/N-ethyl adjacent to an activating group) is 1. The fraction of sp³-hybridized carbons (Fsp3) is 0.562. The summed E-state index contributed by atoms with van der Waals surface area (Å²) in [4.78, 5) is 13.3. The number of rotatable bonds is 5. The van der Waals surface area contributed by atoms with Gasteiger partial charge in [0.05, 0.1) is 6.54 Å². The van der Waals surface area contributed by atoms with Crippen molar-refractivity contribution in [3.05, 3.63) is 35.9 Å². The van der Waals surface area contributed by atoms with Crippen LogP contribution in [-0.4, -0.2) is 31.4 Å². The Hall–Kier alpha value is -1.35. The molecule has 0 aromatic heterocycles. The third kappa shape index (κ3) is 5.88. The highest BCUT2D eigenvalue weighted by molar-refractivity contribution is 5.77. The molecule has 1 unspecified atom stereocenters. The topological polar surface area (TPSA) is 32.3 Å². The molecule has 0 aliphatic rings. The van der Waals surface area contributed by atoms with Gasteiger partial charge in [-0.15, -0.1) is 0 Å². The van der Waals surface area contributed by atoms with Gasteiger partial charge in [0.1, 0.15) is 0 Å². The maximum Gasteiger partial charge on any atom is 0.236 e. The summed E-state index contributed by atoms with van der Waals surface area (Å²) in [7, 11) is 3.57. The van der Waals surface area contributed by atoms with E-state index < -0.39 is 0 Å². The van der Waals surface area contributed by atoms with Crippen LogP contribution in [0.4, 0.5) is 0 Å². The number of hydrogen-bond donors (Lipinski definition) is 1. The molecule has 1 amide bonds. The third-order valence-corrected chi connectivity index (χ3v) is 3.02. The molecule has 1 aromatic carbocycles. The highest BCUT2D eigenvalue weighted by atomic mass is 16.2. The Kier molecular flexibility index (Phi) is 5.55. The summed E-state index contributed by atoms with van der Waals surface area (Å²) in [5.74, 6) is 0.106. The molecular weight excluding hydrogens is 236 g/mol. The van der Waals surface area contributed by atoms with Crippen LogP contribution in [-0.2, 0) is 4.79 Å².